The fourth-order valence-electron chi connectivity index (χ4n) is 3.65. The molecule has 0 atom stereocenters. The summed E-state index contributed by atoms with van der Waals surface area (Å²) in [4.78, 5) is 25.6. The summed E-state index contributed by atoms with van der Waals surface area (Å²) in [6.45, 7) is 2.38. The molecule has 0 radical (unpaired) electrons. The van der Waals surface area contributed by atoms with Crippen LogP contribution in [-0.2, 0) is 6.54 Å². The average Bonchev–Trinajstić information content (AvgIpc) is 3.44. The molecule has 3 N–H and O–H groups in total. The third kappa shape index (κ3) is 4.21. The first-order chi connectivity index (χ1) is 16.4. The predicted octanol–water partition coefficient (Wildman–Crippen LogP) is 4.91. The van der Waals surface area contributed by atoms with Crippen LogP contribution in [0.25, 0.3) is 22.9 Å². The first-order valence-corrected chi connectivity index (χ1v) is 11.1. The summed E-state index contributed by atoms with van der Waals surface area (Å²) in [6, 6.07) is 14.9. The van der Waals surface area contributed by atoms with Crippen LogP contribution in [0.4, 0.5) is 5.69 Å². The smallest absolute Gasteiger partial charge is 0.267 e. The van der Waals surface area contributed by atoms with Crippen LogP contribution in [0.15, 0.2) is 67.1 Å². The Morgan fingerprint density at radius 3 is 2.68 bits per heavy atom. The van der Waals surface area contributed by atoms with E-state index in [9.17, 15) is 4.79 Å². The van der Waals surface area contributed by atoms with E-state index in [2.05, 4.69) is 15.3 Å². The van der Waals surface area contributed by atoms with E-state index in [1.807, 2.05) is 54.1 Å². The van der Waals surface area contributed by atoms with Gasteiger partial charge in [0.05, 0.1) is 34.2 Å². The number of nitrogens with two attached hydrogens (primary N) is 1. The van der Waals surface area contributed by atoms with Gasteiger partial charge in [0, 0.05) is 23.8 Å². The Labute approximate surface area is 205 Å². The first-order valence-electron chi connectivity index (χ1n) is 10.4. The molecule has 4 heterocycles. The van der Waals surface area contributed by atoms with Crippen molar-refractivity contribution < 1.29 is 4.79 Å². The molecule has 0 bridgehead atoms. The Bertz CT molecular complexity index is 1540. The van der Waals surface area contributed by atoms with Gasteiger partial charge >= 0.3 is 0 Å². The summed E-state index contributed by atoms with van der Waals surface area (Å²) in [6.07, 6.45) is 5.19. The van der Waals surface area contributed by atoms with Crippen molar-refractivity contribution >= 4 is 40.4 Å². The molecule has 0 spiro atoms. The molecule has 34 heavy (non-hydrogen) atoms. The molecule has 5 rings (SSSR count). The van der Waals surface area contributed by atoms with Gasteiger partial charge in [-0.05, 0) is 49.4 Å². The van der Waals surface area contributed by atoms with Crippen molar-refractivity contribution in [2.24, 2.45) is 5.73 Å². The van der Waals surface area contributed by atoms with Gasteiger partial charge in [-0.3, -0.25) is 13.8 Å². The molecule has 0 fully saturated rings. The van der Waals surface area contributed by atoms with E-state index in [0.29, 0.717) is 33.8 Å². The number of pyridine rings is 2. The highest BCUT2D eigenvalue weighted by atomic mass is 35.5. The molecule has 0 saturated heterocycles. The largest absolute Gasteiger partial charge is 0.379 e. The summed E-state index contributed by atoms with van der Waals surface area (Å²) < 4.78 is 3.59. The van der Waals surface area contributed by atoms with Crippen LogP contribution in [0.2, 0.25) is 10.0 Å². The second kappa shape index (κ2) is 8.81. The average molecular weight is 492 g/mol. The number of primary amides is 1. The number of hydrogen-bond donors (Lipinski definition) is 2. The summed E-state index contributed by atoms with van der Waals surface area (Å²) in [5.74, 6) is 0.108. The number of nitrogens with zero attached hydrogens (tertiary/aromatic N) is 5. The van der Waals surface area contributed by atoms with Gasteiger partial charge in [-0.2, -0.15) is 0 Å². The molecule has 1 amide bonds. The predicted molar refractivity (Wildman–Crippen MR) is 133 cm³/mol. The van der Waals surface area contributed by atoms with Crippen LogP contribution in [0.5, 0.6) is 0 Å². The summed E-state index contributed by atoms with van der Waals surface area (Å²) >= 11 is 12.1. The fraction of sp³-hybridized carbons (Fsp3) is 0.0833. The van der Waals surface area contributed by atoms with Crippen molar-refractivity contribution in [2.45, 2.75) is 13.5 Å². The Morgan fingerprint density at radius 2 is 1.91 bits per heavy atom. The number of aryl methyl sites for hydroxylation is 1. The van der Waals surface area contributed by atoms with Crippen molar-refractivity contribution in [3.8, 4) is 17.2 Å². The molecule has 8 nitrogen and oxygen atoms in total. The highest BCUT2D eigenvalue weighted by Crippen LogP contribution is 2.26. The number of imidazole rings is 2. The number of benzene rings is 1. The van der Waals surface area contributed by atoms with E-state index in [-0.39, 0.29) is 0 Å². The fourth-order valence-corrected chi connectivity index (χ4v) is 3.95. The van der Waals surface area contributed by atoms with Gasteiger partial charge in [-0.1, -0.05) is 29.3 Å². The van der Waals surface area contributed by atoms with Crippen LogP contribution in [-0.4, -0.2) is 29.8 Å². The molecular weight excluding hydrogens is 473 g/mol. The lowest BCUT2D eigenvalue weighted by atomic mass is 10.3. The van der Waals surface area contributed by atoms with Crippen molar-refractivity contribution in [2.75, 3.05) is 5.32 Å². The number of halogens is 2. The Morgan fingerprint density at radius 1 is 1.06 bits per heavy atom. The maximum absolute atomic E-state index is 11.8. The minimum atomic E-state index is -0.553. The number of nitrogens with one attached hydrogen (secondary N) is 1. The van der Waals surface area contributed by atoms with Crippen molar-refractivity contribution in [1.29, 1.82) is 0 Å². The summed E-state index contributed by atoms with van der Waals surface area (Å²) in [5, 5.41) is 4.29. The molecule has 1 aromatic carbocycles. The highest BCUT2D eigenvalue weighted by Gasteiger charge is 2.16. The Kier molecular flexibility index (Phi) is 5.69. The molecule has 10 heteroatoms. The summed E-state index contributed by atoms with van der Waals surface area (Å²) in [7, 11) is 0. The number of anilines is 1. The number of rotatable bonds is 6. The van der Waals surface area contributed by atoms with E-state index >= 15 is 0 Å². The van der Waals surface area contributed by atoms with E-state index in [0.717, 1.165) is 28.5 Å². The third-order valence-electron chi connectivity index (χ3n) is 5.29. The molecule has 4 aromatic heterocycles. The first kappa shape index (κ1) is 21.9. The maximum Gasteiger partial charge on any atom is 0.267 e. The molecule has 5 aromatic rings. The lowest BCUT2D eigenvalue weighted by molar-refractivity contribution is 0.0994. The standard InChI is InChI=1S/C24H19Cl2N7O/c1-14-3-2-4-20(30-14)24-31-16(10-28-15-5-7-18(25)19(26)9-15)12-32(24)17-6-8-22-29-11-21(23(27)34)33(22)13-17/h2-9,11-13,28H,10H2,1H3,(H2,27,34). The lowest BCUT2D eigenvalue weighted by Gasteiger charge is -2.09. The molecule has 0 aliphatic rings. The zero-order chi connectivity index (χ0) is 23.8. The monoisotopic (exact) mass is 491 g/mol. The number of carbonyl (C=O) groups is 1. The van der Waals surface area contributed by atoms with E-state index in [1.165, 1.54) is 6.20 Å². The van der Waals surface area contributed by atoms with Crippen LogP contribution >= 0.6 is 23.2 Å². The zero-order valence-corrected chi connectivity index (χ0v) is 19.5. The van der Waals surface area contributed by atoms with Crippen molar-refractivity contribution in [3.05, 3.63) is 94.2 Å². The number of hydrogen-bond acceptors (Lipinski definition) is 5. The van der Waals surface area contributed by atoms with Gasteiger partial charge in [0.25, 0.3) is 5.91 Å². The molecule has 0 unspecified atom stereocenters. The van der Waals surface area contributed by atoms with Gasteiger partial charge in [-0.15, -0.1) is 0 Å². The maximum atomic E-state index is 11.8. The quantitative estimate of drug-likeness (QED) is 0.351. The summed E-state index contributed by atoms with van der Waals surface area (Å²) in [5.41, 5.74) is 10.4. The highest BCUT2D eigenvalue weighted by molar-refractivity contribution is 6.42. The second-order valence-corrected chi connectivity index (χ2v) is 8.51. The number of aromatic nitrogens is 5. The number of amides is 1. The van der Waals surface area contributed by atoms with Gasteiger partial charge < -0.3 is 11.1 Å². The van der Waals surface area contributed by atoms with Crippen molar-refractivity contribution in [3.63, 3.8) is 0 Å². The van der Waals surface area contributed by atoms with Crippen LogP contribution in [0, 0.1) is 6.92 Å². The Hall–Kier alpha value is -3.88. The van der Waals surface area contributed by atoms with E-state index < -0.39 is 5.91 Å². The van der Waals surface area contributed by atoms with Gasteiger partial charge in [0.2, 0.25) is 0 Å². The van der Waals surface area contributed by atoms with Crippen LogP contribution in [0.1, 0.15) is 21.9 Å². The molecule has 0 saturated carbocycles. The van der Waals surface area contributed by atoms with Crippen molar-refractivity contribution in [1.82, 2.24) is 23.9 Å². The number of carbonyl (C=O) groups excluding carboxylic acids is 1. The topological polar surface area (TPSA) is 103 Å². The number of fused-ring (bicyclic) bond motifs is 1. The lowest BCUT2D eigenvalue weighted by Crippen LogP contribution is -2.13. The SMILES string of the molecule is Cc1cccc(-c2nc(CNc3ccc(Cl)c(Cl)c3)cn2-c2ccc3ncc(C(N)=O)n3c2)n1. The molecule has 0 aliphatic heterocycles. The normalized spacial score (nSPS) is 11.1. The van der Waals surface area contributed by atoms with Gasteiger partial charge in [0.15, 0.2) is 5.82 Å². The molecule has 170 valence electrons. The third-order valence-corrected chi connectivity index (χ3v) is 6.03. The molecular formula is C24H19Cl2N7O. The minimum absolute atomic E-state index is 0.300. The van der Waals surface area contributed by atoms with Gasteiger partial charge in [0.1, 0.15) is 17.0 Å². The van der Waals surface area contributed by atoms with Crippen LogP contribution < -0.4 is 11.1 Å². The zero-order valence-electron chi connectivity index (χ0n) is 18.0. The van der Waals surface area contributed by atoms with Crippen LogP contribution in [0.3, 0.4) is 0 Å². The van der Waals surface area contributed by atoms with E-state index in [4.69, 9.17) is 33.9 Å². The minimum Gasteiger partial charge on any atom is -0.379 e. The van der Waals surface area contributed by atoms with E-state index in [1.54, 1.807) is 22.7 Å². The van der Waals surface area contributed by atoms with Gasteiger partial charge in [-0.25, -0.2) is 15.0 Å². The second-order valence-electron chi connectivity index (χ2n) is 7.70. The molecule has 0 aliphatic carbocycles. The Balaban J connectivity index is 1.57.